The van der Waals surface area contributed by atoms with Crippen LogP contribution in [0.2, 0.25) is 0 Å². The summed E-state index contributed by atoms with van der Waals surface area (Å²) in [5, 5.41) is 2.70. The minimum atomic E-state index is -0.447. The number of esters is 2. The third-order valence-corrected chi connectivity index (χ3v) is 7.97. The number of allylic oxidation sites excluding steroid dienone is 1. The highest BCUT2D eigenvalue weighted by atomic mass is 32.2. The highest BCUT2D eigenvalue weighted by Crippen LogP contribution is 2.46. The summed E-state index contributed by atoms with van der Waals surface area (Å²) in [5.74, 6) is -0.996. The maximum atomic E-state index is 13.5. The molecule has 1 fully saturated rings. The molecule has 1 amide bonds. The van der Waals surface area contributed by atoms with Crippen molar-refractivity contribution in [3.05, 3.63) is 57.3 Å². The van der Waals surface area contributed by atoms with Gasteiger partial charge in [-0.3, -0.25) is 9.59 Å². The predicted molar refractivity (Wildman–Crippen MR) is 143 cm³/mol. The number of aryl methyl sites for hydroxylation is 2. The summed E-state index contributed by atoms with van der Waals surface area (Å²) in [7, 11) is 1.39. The van der Waals surface area contributed by atoms with E-state index in [0.29, 0.717) is 37.4 Å². The summed E-state index contributed by atoms with van der Waals surface area (Å²) >= 11 is 1.47. The topological polar surface area (TPSA) is 88.5 Å². The molecule has 37 heavy (non-hydrogen) atoms. The van der Waals surface area contributed by atoms with Crippen molar-refractivity contribution < 1.29 is 23.9 Å². The SMILES string of the molecule is CCOC(=O)[C@H]1CCCN(C(=O)CC2=CSC3=NC(CC)=C(C(=O)OC)[C@@H](c4cc(C)ccc4C)N23)C1. The van der Waals surface area contributed by atoms with Crippen LogP contribution < -0.4 is 0 Å². The smallest absolute Gasteiger partial charge is 0.338 e. The number of hydrogen-bond acceptors (Lipinski definition) is 8. The number of methoxy groups -OCH3 is 1. The van der Waals surface area contributed by atoms with Gasteiger partial charge in [-0.25, -0.2) is 9.79 Å². The fraction of sp³-hybridized carbons (Fsp3) is 0.500. The lowest BCUT2D eigenvalue weighted by atomic mass is 9.89. The molecule has 3 heterocycles. The first-order valence-electron chi connectivity index (χ1n) is 12.9. The molecule has 0 radical (unpaired) electrons. The lowest BCUT2D eigenvalue weighted by Crippen LogP contribution is -2.44. The van der Waals surface area contributed by atoms with Crippen LogP contribution in [0.5, 0.6) is 0 Å². The van der Waals surface area contributed by atoms with E-state index in [9.17, 15) is 14.4 Å². The van der Waals surface area contributed by atoms with Crippen molar-refractivity contribution in [3.63, 3.8) is 0 Å². The van der Waals surface area contributed by atoms with Crippen LogP contribution in [-0.2, 0) is 23.9 Å². The van der Waals surface area contributed by atoms with Crippen LogP contribution in [0.15, 0.2) is 45.6 Å². The van der Waals surface area contributed by atoms with E-state index in [4.69, 9.17) is 14.5 Å². The van der Waals surface area contributed by atoms with E-state index < -0.39 is 12.0 Å². The molecular weight excluding hydrogens is 490 g/mol. The summed E-state index contributed by atoms with van der Waals surface area (Å²) in [6, 6.07) is 5.75. The zero-order chi connectivity index (χ0) is 26.7. The Hall–Kier alpha value is -3.07. The molecule has 3 aliphatic heterocycles. The van der Waals surface area contributed by atoms with Crippen molar-refractivity contribution in [2.75, 3.05) is 26.8 Å². The number of ether oxygens (including phenoxy) is 2. The van der Waals surface area contributed by atoms with E-state index in [0.717, 1.165) is 40.4 Å². The Morgan fingerprint density at radius 1 is 1.19 bits per heavy atom. The van der Waals surface area contributed by atoms with E-state index in [-0.39, 0.29) is 24.2 Å². The monoisotopic (exact) mass is 525 g/mol. The number of rotatable bonds is 7. The van der Waals surface area contributed by atoms with Crippen molar-refractivity contribution in [1.82, 2.24) is 9.80 Å². The van der Waals surface area contributed by atoms with Crippen molar-refractivity contribution in [1.29, 1.82) is 0 Å². The van der Waals surface area contributed by atoms with Crippen molar-refractivity contribution in [2.45, 2.75) is 59.4 Å². The first-order valence-corrected chi connectivity index (χ1v) is 13.7. The zero-order valence-corrected chi connectivity index (χ0v) is 23.0. The Balaban J connectivity index is 1.66. The Morgan fingerprint density at radius 3 is 2.68 bits per heavy atom. The summed E-state index contributed by atoms with van der Waals surface area (Å²) < 4.78 is 10.4. The first kappa shape index (κ1) is 27.0. The number of carbonyl (C=O) groups is 3. The number of amides is 1. The molecule has 3 aliphatic rings. The molecule has 198 valence electrons. The maximum absolute atomic E-state index is 13.5. The second-order valence-corrected chi connectivity index (χ2v) is 10.4. The Bertz CT molecular complexity index is 1190. The molecule has 0 saturated carbocycles. The average Bonchev–Trinajstić information content (AvgIpc) is 3.30. The lowest BCUT2D eigenvalue weighted by Gasteiger charge is -2.38. The summed E-state index contributed by atoms with van der Waals surface area (Å²) in [6.45, 7) is 9.14. The second kappa shape index (κ2) is 11.5. The molecule has 2 atom stereocenters. The molecule has 8 nitrogen and oxygen atoms in total. The van der Waals surface area contributed by atoms with Gasteiger partial charge in [0.15, 0.2) is 5.17 Å². The van der Waals surface area contributed by atoms with Gasteiger partial charge in [0.2, 0.25) is 5.91 Å². The fourth-order valence-corrected chi connectivity index (χ4v) is 6.12. The van der Waals surface area contributed by atoms with E-state index in [1.165, 1.54) is 18.9 Å². The van der Waals surface area contributed by atoms with Gasteiger partial charge in [0.1, 0.15) is 0 Å². The number of aliphatic imine (C=N–C) groups is 1. The van der Waals surface area contributed by atoms with E-state index in [2.05, 4.69) is 12.1 Å². The third-order valence-electron chi connectivity index (χ3n) is 7.08. The van der Waals surface area contributed by atoms with E-state index in [1.54, 1.807) is 11.8 Å². The van der Waals surface area contributed by atoms with Crippen molar-refractivity contribution in [2.24, 2.45) is 10.9 Å². The minimum Gasteiger partial charge on any atom is -0.466 e. The first-order chi connectivity index (χ1) is 17.8. The number of fused-ring (bicyclic) bond motifs is 1. The maximum Gasteiger partial charge on any atom is 0.338 e. The van der Waals surface area contributed by atoms with Gasteiger partial charge in [-0.05, 0) is 56.6 Å². The Kier molecular flexibility index (Phi) is 8.42. The van der Waals surface area contributed by atoms with Gasteiger partial charge >= 0.3 is 11.9 Å². The number of likely N-dealkylation sites (tertiary alicyclic amines) is 1. The summed E-state index contributed by atoms with van der Waals surface area (Å²) in [6.07, 6.45) is 2.23. The molecule has 0 bridgehead atoms. The molecule has 0 aliphatic carbocycles. The van der Waals surface area contributed by atoms with Gasteiger partial charge in [0, 0.05) is 18.8 Å². The molecule has 0 aromatic heterocycles. The molecule has 1 aromatic carbocycles. The molecule has 1 aromatic rings. The van der Waals surface area contributed by atoms with Gasteiger partial charge < -0.3 is 19.3 Å². The van der Waals surface area contributed by atoms with Crippen LogP contribution in [0, 0.1) is 19.8 Å². The predicted octanol–water partition coefficient (Wildman–Crippen LogP) is 4.63. The summed E-state index contributed by atoms with van der Waals surface area (Å²) in [5.41, 5.74) is 5.10. The van der Waals surface area contributed by atoms with Gasteiger partial charge in [0.25, 0.3) is 0 Å². The number of piperidine rings is 1. The highest BCUT2D eigenvalue weighted by Gasteiger charge is 2.42. The molecule has 9 heteroatoms. The minimum absolute atomic E-state index is 0.0494. The largest absolute Gasteiger partial charge is 0.466 e. The number of carbonyl (C=O) groups excluding carboxylic acids is 3. The molecule has 1 saturated heterocycles. The number of nitrogens with zero attached hydrogens (tertiary/aromatic N) is 3. The van der Waals surface area contributed by atoms with Crippen LogP contribution in [0.4, 0.5) is 0 Å². The highest BCUT2D eigenvalue weighted by molar-refractivity contribution is 8.16. The average molecular weight is 526 g/mol. The van der Waals surface area contributed by atoms with E-state index >= 15 is 0 Å². The molecule has 0 unspecified atom stereocenters. The molecule has 4 rings (SSSR count). The second-order valence-electron chi connectivity index (χ2n) is 9.57. The summed E-state index contributed by atoms with van der Waals surface area (Å²) in [4.78, 5) is 47.5. The zero-order valence-electron chi connectivity index (χ0n) is 22.2. The van der Waals surface area contributed by atoms with Crippen LogP contribution >= 0.6 is 11.8 Å². The number of amidine groups is 1. The van der Waals surface area contributed by atoms with Crippen LogP contribution in [-0.4, -0.2) is 59.6 Å². The fourth-order valence-electron chi connectivity index (χ4n) is 5.18. The van der Waals surface area contributed by atoms with Crippen LogP contribution in [0.25, 0.3) is 0 Å². The van der Waals surface area contributed by atoms with Crippen LogP contribution in [0.3, 0.4) is 0 Å². The van der Waals surface area contributed by atoms with Gasteiger partial charge in [0.05, 0.1) is 43.4 Å². The standard InChI is InChI=1S/C28H35N3O5S/c1-6-22-24(27(34)35-5)25(21-13-17(3)10-11-18(21)4)31-20(16-37-28(31)29-22)14-23(32)30-12-8-9-19(15-30)26(33)36-7-2/h10-11,13,16,19,25H,6-9,12,14-15H2,1-5H3/t19-,25+/m0/s1. The molecule has 0 N–H and O–H groups in total. The van der Waals surface area contributed by atoms with Crippen molar-refractivity contribution in [3.8, 4) is 0 Å². The van der Waals surface area contributed by atoms with E-state index in [1.807, 2.05) is 37.1 Å². The quantitative estimate of drug-likeness (QED) is 0.480. The Morgan fingerprint density at radius 2 is 1.97 bits per heavy atom. The molecular formula is C28H35N3O5S. The third kappa shape index (κ3) is 5.46. The van der Waals surface area contributed by atoms with Gasteiger partial charge in [-0.15, -0.1) is 0 Å². The molecule has 0 spiro atoms. The van der Waals surface area contributed by atoms with Gasteiger partial charge in [-0.2, -0.15) is 0 Å². The normalized spacial score (nSPS) is 21.3. The number of hydrogen-bond donors (Lipinski definition) is 0. The number of benzene rings is 1. The van der Waals surface area contributed by atoms with Crippen molar-refractivity contribution >= 4 is 34.8 Å². The lowest BCUT2D eigenvalue weighted by molar-refractivity contribution is -0.151. The van der Waals surface area contributed by atoms with Crippen LogP contribution in [0.1, 0.15) is 62.3 Å². The number of thioether (sulfide) groups is 1. The Labute approximate surface area is 222 Å². The van der Waals surface area contributed by atoms with Gasteiger partial charge in [-0.1, -0.05) is 42.4 Å².